The topological polar surface area (TPSA) is 44.4 Å². The van der Waals surface area contributed by atoms with Crippen LogP contribution in [-0.2, 0) is 0 Å². The number of anilines is 1. The first-order valence-corrected chi connectivity index (χ1v) is 7.44. The SMILES string of the molecule is CCN(CC)CCNC(=O)Nc1ccc(C(C)C)cc1. The summed E-state index contributed by atoms with van der Waals surface area (Å²) in [4.78, 5) is 14.0. The fraction of sp³-hybridized carbons (Fsp3) is 0.562. The van der Waals surface area contributed by atoms with E-state index in [-0.39, 0.29) is 6.03 Å². The summed E-state index contributed by atoms with van der Waals surface area (Å²) in [7, 11) is 0. The molecule has 0 atom stereocenters. The Morgan fingerprint density at radius 2 is 1.75 bits per heavy atom. The van der Waals surface area contributed by atoms with E-state index in [2.05, 4.69) is 55.4 Å². The van der Waals surface area contributed by atoms with Crippen LogP contribution in [0.15, 0.2) is 24.3 Å². The molecule has 2 amide bonds. The average Bonchev–Trinajstić information content (AvgIpc) is 2.44. The van der Waals surface area contributed by atoms with Crippen LogP contribution >= 0.6 is 0 Å². The lowest BCUT2D eigenvalue weighted by molar-refractivity contribution is 0.248. The minimum atomic E-state index is -0.144. The quantitative estimate of drug-likeness (QED) is 0.803. The van der Waals surface area contributed by atoms with Gasteiger partial charge in [-0.05, 0) is 36.7 Å². The molecule has 4 nitrogen and oxygen atoms in total. The number of nitrogens with zero attached hydrogens (tertiary/aromatic N) is 1. The molecular formula is C16H27N3O. The number of benzene rings is 1. The van der Waals surface area contributed by atoms with Gasteiger partial charge in [-0.25, -0.2) is 4.79 Å². The van der Waals surface area contributed by atoms with E-state index < -0.39 is 0 Å². The molecule has 0 aliphatic carbocycles. The van der Waals surface area contributed by atoms with Crippen LogP contribution in [0.4, 0.5) is 10.5 Å². The van der Waals surface area contributed by atoms with Gasteiger partial charge in [0.2, 0.25) is 0 Å². The Morgan fingerprint density at radius 1 is 1.15 bits per heavy atom. The number of hydrogen-bond acceptors (Lipinski definition) is 2. The van der Waals surface area contributed by atoms with E-state index >= 15 is 0 Å². The first-order chi connectivity index (χ1) is 9.56. The van der Waals surface area contributed by atoms with Crippen molar-refractivity contribution in [2.45, 2.75) is 33.6 Å². The molecule has 1 aromatic carbocycles. The van der Waals surface area contributed by atoms with Gasteiger partial charge < -0.3 is 15.5 Å². The van der Waals surface area contributed by atoms with Gasteiger partial charge in [0.05, 0.1) is 0 Å². The number of carbonyl (C=O) groups is 1. The van der Waals surface area contributed by atoms with E-state index in [0.717, 1.165) is 25.3 Å². The highest BCUT2D eigenvalue weighted by atomic mass is 16.2. The lowest BCUT2D eigenvalue weighted by atomic mass is 10.0. The molecule has 0 unspecified atom stereocenters. The second kappa shape index (κ2) is 8.59. The highest BCUT2D eigenvalue weighted by Gasteiger charge is 2.04. The second-order valence-electron chi connectivity index (χ2n) is 5.18. The predicted octanol–water partition coefficient (Wildman–Crippen LogP) is 3.27. The maximum absolute atomic E-state index is 11.7. The fourth-order valence-electron chi connectivity index (χ4n) is 1.99. The van der Waals surface area contributed by atoms with E-state index in [4.69, 9.17) is 0 Å². The molecule has 0 heterocycles. The Hall–Kier alpha value is -1.55. The highest BCUT2D eigenvalue weighted by Crippen LogP contribution is 2.16. The van der Waals surface area contributed by atoms with E-state index in [1.165, 1.54) is 5.56 Å². The van der Waals surface area contributed by atoms with Crippen molar-refractivity contribution in [3.05, 3.63) is 29.8 Å². The van der Waals surface area contributed by atoms with Crippen molar-refractivity contribution in [3.63, 3.8) is 0 Å². The summed E-state index contributed by atoms with van der Waals surface area (Å²) < 4.78 is 0. The van der Waals surface area contributed by atoms with Crippen molar-refractivity contribution >= 4 is 11.7 Å². The average molecular weight is 277 g/mol. The molecule has 1 aromatic rings. The molecule has 0 fully saturated rings. The van der Waals surface area contributed by atoms with E-state index in [0.29, 0.717) is 12.5 Å². The number of carbonyl (C=O) groups excluding carboxylic acids is 1. The summed E-state index contributed by atoms with van der Waals surface area (Å²) >= 11 is 0. The number of nitrogens with one attached hydrogen (secondary N) is 2. The van der Waals surface area contributed by atoms with Crippen LogP contribution in [0.1, 0.15) is 39.2 Å². The van der Waals surface area contributed by atoms with Crippen molar-refractivity contribution < 1.29 is 4.79 Å². The Labute approximate surface area is 122 Å². The minimum Gasteiger partial charge on any atom is -0.337 e. The molecule has 4 heteroatoms. The molecule has 0 saturated heterocycles. The summed E-state index contributed by atoms with van der Waals surface area (Å²) in [5.74, 6) is 0.506. The third kappa shape index (κ3) is 5.61. The van der Waals surface area contributed by atoms with Crippen LogP contribution in [0.25, 0.3) is 0 Å². The van der Waals surface area contributed by atoms with Crippen LogP contribution < -0.4 is 10.6 Å². The molecular weight excluding hydrogens is 250 g/mol. The molecule has 0 saturated carbocycles. The van der Waals surface area contributed by atoms with E-state index in [1.807, 2.05) is 12.1 Å². The predicted molar refractivity (Wildman–Crippen MR) is 85.3 cm³/mol. The summed E-state index contributed by atoms with van der Waals surface area (Å²) in [5.41, 5.74) is 2.10. The Morgan fingerprint density at radius 3 is 2.25 bits per heavy atom. The van der Waals surface area contributed by atoms with Crippen molar-refractivity contribution in [2.24, 2.45) is 0 Å². The van der Waals surface area contributed by atoms with Gasteiger partial charge in [-0.3, -0.25) is 0 Å². The van der Waals surface area contributed by atoms with Gasteiger partial charge in [0.1, 0.15) is 0 Å². The Bertz CT molecular complexity index is 397. The van der Waals surface area contributed by atoms with Crippen LogP contribution in [0.3, 0.4) is 0 Å². The molecule has 0 aliphatic heterocycles. The van der Waals surface area contributed by atoms with Crippen molar-refractivity contribution in [1.82, 2.24) is 10.2 Å². The molecule has 20 heavy (non-hydrogen) atoms. The number of rotatable bonds is 7. The molecule has 1 rings (SSSR count). The lowest BCUT2D eigenvalue weighted by Crippen LogP contribution is -2.36. The summed E-state index contributed by atoms with van der Waals surface area (Å²) in [6, 6.07) is 7.85. The van der Waals surface area contributed by atoms with Gasteiger partial charge in [0.25, 0.3) is 0 Å². The lowest BCUT2D eigenvalue weighted by Gasteiger charge is -2.18. The van der Waals surface area contributed by atoms with Crippen molar-refractivity contribution in [1.29, 1.82) is 0 Å². The van der Waals surface area contributed by atoms with Gasteiger partial charge >= 0.3 is 6.03 Å². The van der Waals surface area contributed by atoms with Gasteiger partial charge in [-0.1, -0.05) is 39.8 Å². The molecule has 0 bridgehead atoms. The Balaban J connectivity index is 2.35. The van der Waals surface area contributed by atoms with Crippen LogP contribution in [0.5, 0.6) is 0 Å². The van der Waals surface area contributed by atoms with Crippen LogP contribution in [0, 0.1) is 0 Å². The van der Waals surface area contributed by atoms with Gasteiger partial charge in [-0.15, -0.1) is 0 Å². The minimum absolute atomic E-state index is 0.144. The zero-order chi connectivity index (χ0) is 15.0. The third-order valence-corrected chi connectivity index (χ3v) is 3.44. The first kappa shape index (κ1) is 16.5. The summed E-state index contributed by atoms with van der Waals surface area (Å²) in [5, 5.41) is 5.73. The summed E-state index contributed by atoms with van der Waals surface area (Å²) in [6.07, 6.45) is 0. The van der Waals surface area contributed by atoms with Crippen LogP contribution in [0.2, 0.25) is 0 Å². The fourth-order valence-corrected chi connectivity index (χ4v) is 1.99. The van der Waals surface area contributed by atoms with E-state index in [9.17, 15) is 4.79 Å². The van der Waals surface area contributed by atoms with Crippen LogP contribution in [-0.4, -0.2) is 37.1 Å². The smallest absolute Gasteiger partial charge is 0.319 e. The molecule has 0 spiro atoms. The zero-order valence-electron chi connectivity index (χ0n) is 13.1. The second-order valence-corrected chi connectivity index (χ2v) is 5.18. The third-order valence-electron chi connectivity index (χ3n) is 3.44. The molecule has 0 aliphatic rings. The number of amides is 2. The van der Waals surface area contributed by atoms with E-state index in [1.54, 1.807) is 0 Å². The molecule has 112 valence electrons. The molecule has 0 aromatic heterocycles. The Kier molecular flexibility index (Phi) is 7.09. The standard InChI is InChI=1S/C16H27N3O/c1-5-19(6-2)12-11-17-16(20)18-15-9-7-14(8-10-15)13(3)4/h7-10,13H,5-6,11-12H2,1-4H3,(H2,17,18,20). The molecule has 2 N–H and O–H groups in total. The normalized spacial score (nSPS) is 10.9. The number of urea groups is 1. The van der Waals surface area contributed by atoms with Crippen molar-refractivity contribution in [3.8, 4) is 0 Å². The van der Waals surface area contributed by atoms with Crippen molar-refractivity contribution in [2.75, 3.05) is 31.5 Å². The number of likely N-dealkylation sites (N-methyl/N-ethyl adjacent to an activating group) is 1. The maximum atomic E-state index is 11.7. The van der Waals surface area contributed by atoms with Gasteiger partial charge in [0, 0.05) is 18.8 Å². The highest BCUT2D eigenvalue weighted by molar-refractivity contribution is 5.89. The summed E-state index contributed by atoms with van der Waals surface area (Å²) in [6.45, 7) is 12.1. The number of hydrogen-bond donors (Lipinski definition) is 2. The molecule has 0 radical (unpaired) electrons. The van der Waals surface area contributed by atoms with Gasteiger partial charge in [0.15, 0.2) is 0 Å². The van der Waals surface area contributed by atoms with Gasteiger partial charge in [-0.2, -0.15) is 0 Å². The first-order valence-electron chi connectivity index (χ1n) is 7.44. The maximum Gasteiger partial charge on any atom is 0.319 e. The monoisotopic (exact) mass is 277 g/mol. The zero-order valence-corrected chi connectivity index (χ0v) is 13.1. The largest absolute Gasteiger partial charge is 0.337 e.